The van der Waals surface area contributed by atoms with Gasteiger partial charge in [0.25, 0.3) is 0 Å². The summed E-state index contributed by atoms with van der Waals surface area (Å²) in [5.41, 5.74) is 2.49. The average molecular weight is 431 g/mol. The van der Waals surface area contributed by atoms with E-state index in [1.807, 2.05) is 19.1 Å². The number of thiazole rings is 1. The molecule has 0 bridgehead atoms. The molecule has 0 N–H and O–H groups in total. The summed E-state index contributed by atoms with van der Waals surface area (Å²) in [6.07, 6.45) is 8.28. The molecule has 0 aromatic carbocycles. The maximum atomic E-state index is 12.2. The lowest BCUT2D eigenvalue weighted by molar-refractivity contribution is 0.158. The summed E-state index contributed by atoms with van der Waals surface area (Å²) in [7, 11) is -3.47. The van der Waals surface area contributed by atoms with Crippen molar-refractivity contribution in [2.24, 2.45) is 5.16 Å². The summed E-state index contributed by atoms with van der Waals surface area (Å²) in [6.45, 7) is 2.48. The van der Waals surface area contributed by atoms with Crippen LogP contribution < -0.4 is 4.31 Å². The van der Waals surface area contributed by atoms with Crippen molar-refractivity contribution in [3.63, 3.8) is 0 Å². The molecule has 3 aromatic heterocycles. The number of anilines is 1. The molecule has 0 spiro atoms. The van der Waals surface area contributed by atoms with Crippen molar-refractivity contribution in [3.05, 3.63) is 42.6 Å². The van der Waals surface area contributed by atoms with Gasteiger partial charge in [-0.3, -0.25) is 9.29 Å². The molecule has 150 valence electrons. The van der Waals surface area contributed by atoms with Crippen LogP contribution in [0.15, 0.2) is 42.1 Å². The first-order valence-electron chi connectivity index (χ1n) is 8.88. The Labute approximate surface area is 172 Å². The van der Waals surface area contributed by atoms with Crippen molar-refractivity contribution >= 4 is 32.9 Å². The second kappa shape index (κ2) is 7.84. The number of hydrogen-bond donors (Lipinski definition) is 0. The zero-order chi connectivity index (χ0) is 20.4. The van der Waals surface area contributed by atoms with Gasteiger partial charge in [-0.15, -0.1) is 11.3 Å². The third-order valence-electron chi connectivity index (χ3n) is 4.19. The van der Waals surface area contributed by atoms with E-state index in [0.29, 0.717) is 30.1 Å². The molecule has 0 unspecified atom stereocenters. The number of pyridine rings is 1. The molecule has 0 saturated carbocycles. The highest BCUT2D eigenvalue weighted by atomic mass is 32.2. The van der Waals surface area contributed by atoms with Gasteiger partial charge in [0.1, 0.15) is 28.7 Å². The van der Waals surface area contributed by atoms with Crippen LogP contribution in [0.2, 0.25) is 0 Å². The Morgan fingerprint density at radius 1 is 1.28 bits per heavy atom. The number of hydrogen-bond acceptors (Lipinski definition) is 9. The molecule has 0 aliphatic carbocycles. The maximum Gasteiger partial charge on any atom is 0.233 e. The Morgan fingerprint density at radius 3 is 2.86 bits per heavy atom. The molecule has 3 aromatic rings. The van der Waals surface area contributed by atoms with Crippen LogP contribution in [-0.2, 0) is 14.9 Å². The first-order chi connectivity index (χ1) is 14.0. The summed E-state index contributed by atoms with van der Waals surface area (Å²) >= 11 is 1.46. The Kier molecular flexibility index (Phi) is 5.24. The van der Waals surface area contributed by atoms with Crippen LogP contribution in [-0.4, -0.2) is 53.5 Å². The minimum Gasteiger partial charge on any atom is -0.396 e. The van der Waals surface area contributed by atoms with Gasteiger partial charge in [0.2, 0.25) is 10.0 Å². The van der Waals surface area contributed by atoms with Crippen LogP contribution in [0.1, 0.15) is 19.0 Å². The summed E-state index contributed by atoms with van der Waals surface area (Å²) < 4.78 is 25.6. The van der Waals surface area contributed by atoms with Crippen molar-refractivity contribution in [2.75, 3.05) is 23.7 Å². The predicted molar refractivity (Wildman–Crippen MR) is 111 cm³/mol. The van der Waals surface area contributed by atoms with Gasteiger partial charge >= 0.3 is 0 Å². The van der Waals surface area contributed by atoms with E-state index in [1.165, 1.54) is 15.6 Å². The standard InChI is InChI=1S/C18H18N6O3S2/c1-3-27-23-13-6-8-24(29(2,25)26)17-16(13)22-14(10-20-17)15-11-21-18(28-15)12-5-4-7-19-9-12/h4-5,7,9-11H,3,6,8H2,1-2H3. The third kappa shape index (κ3) is 3.96. The summed E-state index contributed by atoms with van der Waals surface area (Å²) in [6, 6.07) is 3.79. The summed E-state index contributed by atoms with van der Waals surface area (Å²) in [5, 5.41) is 4.93. The molecule has 0 atom stereocenters. The van der Waals surface area contributed by atoms with Crippen molar-refractivity contribution in [3.8, 4) is 21.1 Å². The fourth-order valence-corrected chi connectivity index (χ4v) is 4.61. The number of nitrogens with zero attached hydrogens (tertiary/aromatic N) is 6. The zero-order valence-electron chi connectivity index (χ0n) is 15.8. The molecule has 1 aliphatic rings. The Bertz CT molecular complexity index is 1160. The molecule has 1 aliphatic heterocycles. The largest absolute Gasteiger partial charge is 0.396 e. The molecular weight excluding hydrogens is 412 g/mol. The first kappa shape index (κ1) is 19.4. The lowest BCUT2D eigenvalue weighted by atomic mass is 10.1. The monoisotopic (exact) mass is 430 g/mol. The lowest BCUT2D eigenvalue weighted by Crippen LogP contribution is -2.38. The normalized spacial score (nSPS) is 15.4. The van der Waals surface area contributed by atoms with Crippen LogP contribution in [0.4, 0.5) is 5.82 Å². The molecule has 29 heavy (non-hydrogen) atoms. The minimum atomic E-state index is -3.47. The van der Waals surface area contributed by atoms with Gasteiger partial charge in [-0.05, 0) is 19.1 Å². The van der Waals surface area contributed by atoms with E-state index in [1.54, 1.807) is 24.8 Å². The second-order valence-electron chi connectivity index (χ2n) is 6.24. The predicted octanol–water partition coefficient (Wildman–Crippen LogP) is 2.57. The highest BCUT2D eigenvalue weighted by Crippen LogP contribution is 2.33. The van der Waals surface area contributed by atoms with Gasteiger partial charge in [0, 0.05) is 37.1 Å². The number of fused-ring (bicyclic) bond motifs is 1. The number of sulfonamides is 1. The van der Waals surface area contributed by atoms with E-state index in [2.05, 4.69) is 25.1 Å². The zero-order valence-corrected chi connectivity index (χ0v) is 17.4. The molecule has 11 heteroatoms. The third-order valence-corrected chi connectivity index (χ3v) is 6.41. The van der Waals surface area contributed by atoms with Crippen molar-refractivity contribution in [1.82, 2.24) is 19.9 Å². The Balaban J connectivity index is 1.77. The molecule has 4 heterocycles. The van der Waals surface area contributed by atoms with Crippen molar-refractivity contribution < 1.29 is 13.3 Å². The van der Waals surface area contributed by atoms with Crippen LogP contribution in [0, 0.1) is 0 Å². The highest BCUT2D eigenvalue weighted by Gasteiger charge is 2.31. The van der Waals surface area contributed by atoms with Gasteiger partial charge in [0.05, 0.1) is 17.3 Å². The SMILES string of the molecule is CCON=C1CCN(S(C)(=O)=O)c2ncc(-c3cnc(-c4cccnc4)s3)nc21. The van der Waals surface area contributed by atoms with Gasteiger partial charge in [0.15, 0.2) is 5.82 Å². The second-order valence-corrected chi connectivity index (χ2v) is 9.18. The lowest BCUT2D eigenvalue weighted by Gasteiger charge is -2.27. The molecule has 0 amide bonds. The molecular formula is C18H18N6O3S2. The van der Waals surface area contributed by atoms with Gasteiger partial charge < -0.3 is 4.84 Å². The first-order valence-corrected chi connectivity index (χ1v) is 11.5. The van der Waals surface area contributed by atoms with E-state index < -0.39 is 10.0 Å². The fraction of sp³-hybridized carbons (Fsp3) is 0.278. The van der Waals surface area contributed by atoms with Gasteiger partial charge in [-0.2, -0.15) is 0 Å². The summed E-state index contributed by atoms with van der Waals surface area (Å²) in [5.74, 6) is 0.262. The highest BCUT2D eigenvalue weighted by molar-refractivity contribution is 7.92. The number of oxime groups is 1. The van der Waals surface area contributed by atoms with E-state index in [0.717, 1.165) is 21.7 Å². The van der Waals surface area contributed by atoms with Crippen molar-refractivity contribution in [1.29, 1.82) is 0 Å². The summed E-state index contributed by atoms with van der Waals surface area (Å²) in [4.78, 5) is 23.6. The fourth-order valence-electron chi connectivity index (χ4n) is 2.88. The van der Waals surface area contributed by atoms with Crippen LogP contribution in [0.25, 0.3) is 21.1 Å². The Hall–Kier alpha value is -2.92. The maximum absolute atomic E-state index is 12.2. The van der Waals surface area contributed by atoms with Gasteiger partial charge in [-0.25, -0.2) is 23.4 Å². The van der Waals surface area contributed by atoms with E-state index in [-0.39, 0.29) is 12.4 Å². The van der Waals surface area contributed by atoms with E-state index in [9.17, 15) is 8.42 Å². The minimum absolute atomic E-state index is 0.248. The van der Waals surface area contributed by atoms with Crippen LogP contribution in [0.5, 0.6) is 0 Å². The van der Waals surface area contributed by atoms with E-state index >= 15 is 0 Å². The quantitative estimate of drug-likeness (QED) is 0.572. The smallest absolute Gasteiger partial charge is 0.233 e. The van der Waals surface area contributed by atoms with Gasteiger partial charge in [-0.1, -0.05) is 5.16 Å². The average Bonchev–Trinajstić information content (AvgIpc) is 3.21. The molecule has 9 nitrogen and oxygen atoms in total. The number of rotatable bonds is 5. The van der Waals surface area contributed by atoms with Crippen molar-refractivity contribution in [2.45, 2.75) is 13.3 Å². The number of aromatic nitrogens is 4. The topological polar surface area (TPSA) is 111 Å². The van der Waals surface area contributed by atoms with Crippen LogP contribution >= 0.6 is 11.3 Å². The van der Waals surface area contributed by atoms with Crippen LogP contribution in [0.3, 0.4) is 0 Å². The molecule has 0 fully saturated rings. The van der Waals surface area contributed by atoms with E-state index in [4.69, 9.17) is 4.84 Å². The molecule has 0 saturated heterocycles. The molecule has 0 radical (unpaired) electrons. The Morgan fingerprint density at radius 2 is 2.14 bits per heavy atom. The molecule has 4 rings (SSSR count).